The highest BCUT2D eigenvalue weighted by atomic mass is 35.5. The summed E-state index contributed by atoms with van der Waals surface area (Å²) in [6.45, 7) is 1.16. The number of hydrogen-bond donors (Lipinski definition) is 1. The van der Waals surface area contributed by atoms with E-state index < -0.39 is 5.97 Å². The van der Waals surface area contributed by atoms with Crippen molar-refractivity contribution in [1.29, 1.82) is 0 Å². The molecule has 1 fully saturated rings. The number of likely N-dealkylation sites (tertiary alicyclic amines) is 1. The average Bonchev–Trinajstić information content (AvgIpc) is 2.58. The molecule has 1 atom stereocenters. The van der Waals surface area contributed by atoms with E-state index in [0.717, 1.165) is 25.8 Å². The van der Waals surface area contributed by atoms with Gasteiger partial charge in [-0.1, -0.05) is 23.7 Å². The molecule has 0 spiro atoms. The zero-order valence-electron chi connectivity index (χ0n) is 13.7. The van der Waals surface area contributed by atoms with Gasteiger partial charge in [0.15, 0.2) is 0 Å². The monoisotopic (exact) mass is 353 g/mol. The van der Waals surface area contributed by atoms with E-state index in [1.54, 1.807) is 12.1 Å². The van der Waals surface area contributed by atoms with Gasteiger partial charge >= 0.3 is 5.97 Å². The highest BCUT2D eigenvalue weighted by Gasteiger charge is 2.26. The van der Waals surface area contributed by atoms with Crippen LogP contribution >= 0.6 is 11.6 Å². The van der Waals surface area contributed by atoms with E-state index in [-0.39, 0.29) is 18.4 Å². The Labute approximate surface area is 147 Å². The molecule has 0 aromatic heterocycles. The number of carboxylic acids is 1. The van der Waals surface area contributed by atoms with E-state index in [0.29, 0.717) is 36.6 Å². The van der Waals surface area contributed by atoms with E-state index in [4.69, 9.17) is 21.4 Å². The minimum atomic E-state index is -0.805. The van der Waals surface area contributed by atoms with E-state index >= 15 is 0 Å². The van der Waals surface area contributed by atoms with Gasteiger partial charge < -0.3 is 14.7 Å². The molecule has 1 saturated heterocycles. The third kappa shape index (κ3) is 5.71. The van der Waals surface area contributed by atoms with Gasteiger partial charge in [-0.2, -0.15) is 0 Å². The highest BCUT2D eigenvalue weighted by Crippen LogP contribution is 2.24. The van der Waals surface area contributed by atoms with Crippen molar-refractivity contribution in [2.75, 3.05) is 13.2 Å². The average molecular weight is 354 g/mol. The van der Waals surface area contributed by atoms with Crippen molar-refractivity contribution in [3.8, 4) is 5.75 Å². The molecule has 2 rings (SSSR count). The molecule has 6 heteroatoms. The van der Waals surface area contributed by atoms with Crippen LogP contribution in [0.4, 0.5) is 0 Å². The van der Waals surface area contributed by atoms with Gasteiger partial charge in [-0.3, -0.25) is 9.59 Å². The molecule has 0 saturated carbocycles. The molecule has 1 N–H and O–H groups in total. The summed E-state index contributed by atoms with van der Waals surface area (Å²) in [6, 6.07) is 7.32. The van der Waals surface area contributed by atoms with Gasteiger partial charge in [-0.25, -0.2) is 0 Å². The highest BCUT2D eigenvalue weighted by molar-refractivity contribution is 6.32. The first-order valence-electron chi connectivity index (χ1n) is 8.46. The second-order valence-corrected chi connectivity index (χ2v) is 6.46. The molecule has 1 unspecified atom stereocenters. The number of aliphatic carboxylic acids is 1. The Hall–Kier alpha value is -1.75. The van der Waals surface area contributed by atoms with Gasteiger partial charge in [-0.15, -0.1) is 0 Å². The Balaban J connectivity index is 1.75. The summed E-state index contributed by atoms with van der Waals surface area (Å²) in [5.41, 5.74) is 0. The number of para-hydroxylation sites is 1. The Morgan fingerprint density at radius 3 is 2.79 bits per heavy atom. The lowest BCUT2D eigenvalue weighted by molar-refractivity contribution is -0.140. The molecule has 1 aliphatic heterocycles. The number of rotatable bonds is 8. The van der Waals surface area contributed by atoms with E-state index in [9.17, 15) is 9.59 Å². The fourth-order valence-corrected chi connectivity index (χ4v) is 3.22. The maximum absolute atomic E-state index is 12.4. The van der Waals surface area contributed by atoms with Crippen LogP contribution in [0.5, 0.6) is 5.75 Å². The molecule has 1 heterocycles. The first-order chi connectivity index (χ1) is 11.6. The lowest BCUT2D eigenvalue weighted by Crippen LogP contribution is -2.44. The molecule has 24 heavy (non-hydrogen) atoms. The van der Waals surface area contributed by atoms with Gasteiger partial charge in [-0.05, 0) is 44.2 Å². The number of nitrogens with zero attached hydrogens (tertiary/aromatic N) is 1. The largest absolute Gasteiger partial charge is 0.492 e. The number of amides is 1. The molecule has 0 bridgehead atoms. The summed E-state index contributed by atoms with van der Waals surface area (Å²) >= 11 is 6.02. The summed E-state index contributed by atoms with van der Waals surface area (Å²) < 4.78 is 5.60. The Bertz CT molecular complexity index is 564. The van der Waals surface area contributed by atoms with Gasteiger partial charge in [0, 0.05) is 25.4 Å². The minimum absolute atomic E-state index is 0.0619. The minimum Gasteiger partial charge on any atom is -0.492 e. The third-order valence-electron chi connectivity index (χ3n) is 4.27. The van der Waals surface area contributed by atoms with Crippen LogP contribution in [0.3, 0.4) is 0 Å². The molecule has 1 aliphatic rings. The third-order valence-corrected chi connectivity index (χ3v) is 4.58. The second-order valence-electron chi connectivity index (χ2n) is 6.05. The number of hydrogen-bond acceptors (Lipinski definition) is 3. The summed E-state index contributed by atoms with van der Waals surface area (Å²) in [5.74, 6) is -0.0853. The lowest BCUT2D eigenvalue weighted by atomic mass is 9.97. The molecule has 1 aromatic carbocycles. The van der Waals surface area contributed by atoms with Crippen molar-refractivity contribution in [1.82, 2.24) is 4.90 Å². The van der Waals surface area contributed by atoms with Crippen molar-refractivity contribution in [2.24, 2.45) is 0 Å². The Morgan fingerprint density at radius 2 is 2.04 bits per heavy atom. The summed E-state index contributed by atoms with van der Waals surface area (Å²) in [7, 11) is 0. The Morgan fingerprint density at radius 1 is 1.25 bits per heavy atom. The standard InChI is InChI=1S/C18H24ClNO4/c19-15-7-1-2-8-16(15)24-13-5-9-17(21)20-12-4-3-6-14(20)10-11-18(22)23/h1-2,7-8,14H,3-6,9-13H2,(H,22,23). The molecule has 1 amide bonds. The van der Waals surface area contributed by atoms with Gasteiger partial charge in [0.2, 0.25) is 5.91 Å². The van der Waals surface area contributed by atoms with Crippen molar-refractivity contribution in [3.63, 3.8) is 0 Å². The van der Waals surface area contributed by atoms with Crippen LogP contribution in [0.25, 0.3) is 0 Å². The molecule has 0 radical (unpaired) electrons. The van der Waals surface area contributed by atoms with Gasteiger partial charge in [0.1, 0.15) is 5.75 Å². The number of carboxylic acid groups (broad SMARTS) is 1. The van der Waals surface area contributed by atoms with E-state index in [1.165, 1.54) is 0 Å². The topological polar surface area (TPSA) is 66.8 Å². The smallest absolute Gasteiger partial charge is 0.303 e. The SMILES string of the molecule is O=C(O)CCC1CCCCN1C(=O)CCCOc1ccccc1Cl. The van der Waals surface area contributed by atoms with Crippen molar-refractivity contribution in [3.05, 3.63) is 29.3 Å². The van der Waals surface area contributed by atoms with Crippen LogP contribution in [0.15, 0.2) is 24.3 Å². The fourth-order valence-electron chi connectivity index (χ4n) is 3.03. The van der Waals surface area contributed by atoms with Crippen LogP contribution in [0.2, 0.25) is 5.02 Å². The van der Waals surface area contributed by atoms with Crippen molar-refractivity contribution in [2.45, 2.75) is 51.0 Å². The summed E-state index contributed by atoms with van der Waals surface area (Å²) in [6.07, 6.45) is 4.63. The number of benzene rings is 1. The normalized spacial score (nSPS) is 17.5. The fraction of sp³-hybridized carbons (Fsp3) is 0.556. The number of carbonyl (C=O) groups excluding carboxylic acids is 1. The van der Waals surface area contributed by atoms with Crippen LogP contribution in [-0.2, 0) is 9.59 Å². The van der Waals surface area contributed by atoms with Crippen LogP contribution < -0.4 is 4.74 Å². The van der Waals surface area contributed by atoms with Gasteiger partial charge in [0.25, 0.3) is 0 Å². The van der Waals surface area contributed by atoms with Crippen molar-refractivity contribution >= 4 is 23.5 Å². The summed E-state index contributed by atoms with van der Waals surface area (Å²) in [4.78, 5) is 25.1. The first-order valence-corrected chi connectivity index (χ1v) is 8.84. The zero-order valence-corrected chi connectivity index (χ0v) is 14.5. The van der Waals surface area contributed by atoms with E-state index in [1.807, 2.05) is 17.0 Å². The molecular weight excluding hydrogens is 330 g/mol. The quantitative estimate of drug-likeness (QED) is 0.723. The molecule has 5 nitrogen and oxygen atoms in total. The lowest BCUT2D eigenvalue weighted by Gasteiger charge is -2.35. The van der Waals surface area contributed by atoms with Crippen LogP contribution in [-0.4, -0.2) is 41.1 Å². The van der Waals surface area contributed by atoms with Crippen LogP contribution in [0.1, 0.15) is 44.9 Å². The molecule has 132 valence electrons. The second kappa shape index (κ2) is 9.52. The first kappa shape index (κ1) is 18.6. The number of piperidine rings is 1. The maximum atomic E-state index is 12.4. The van der Waals surface area contributed by atoms with E-state index in [2.05, 4.69) is 0 Å². The molecule has 1 aromatic rings. The maximum Gasteiger partial charge on any atom is 0.303 e. The Kier molecular flexibility index (Phi) is 7.37. The zero-order chi connectivity index (χ0) is 17.4. The number of halogens is 1. The molecular formula is C18H24ClNO4. The number of carbonyl (C=O) groups is 2. The predicted molar refractivity (Wildman–Crippen MR) is 92.4 cm³/mol. The number of ether oxygens (including phenoxy) is 1. The van der Waals surface area contributed by atoms with Crippen LogP contribution in [0, 0.1) is 0 Å². The van der Waals surface area contributed by atoms with Crippen molar-refractivity contribution < 1.29 is 19.4 Å². The predicted octanol–water partition coefficient (Wildman–Crippen LogP) is 3.74. The summed E-state index contributed by atoms with van der Waals surface area (Å²) in [5, 5.41) is 9.41. The molecule has 0 aliphatic carbocycles. The van der Waals surface area contributed by atoms with Gasteiger partial charge in [0.05, 0.1) is 11.6 Å².